The summed E-state index contributed by atoms with van der Waals surface area (Å²) in [5, 5.41) is 2.03. The highest BCUT2D eigenvalue weighted by Crippen LogP contribution is 2.22. The smallest absolute Gasteiger partial charge is 0.243 e. The van der Waals surface area contributed by atoms with Crippen LogP contribution in [-0.4, -0.2) is 55.9 Å². The van der Waals surface area contributed by atoms with Crippen molar-refractivity contribution >= 4 is 27.3 Å². The summed E-state index contributed by atoms with van der Waals surface area (Å²) in [6, 6.07) is 11.1. The third kappa shape index (κ3) is 5.74. The van der Waals surface area contributed by atoms with Gasteiger partial charge in [0.1, 0.15) is 0 Å². The highest BCUT2D eigenvalue weighted by atomic mass is 32.2. The zero-order chi connectivity index (χ0) is 21.7. The molecule has 2 fully saturated rings. The van der Waals surface area contributed by atoms with Crippen LogP contribution >= 0.6 is 11.3 Å². The normalized spacial score (nSPS) is 19.7. The van der Waals surface area contributed by atoms with E-state index in [2.05, 4.69) is 6.07 Å². The average molecular weight is 463 g/mol. The molecule has 1 unspecified atom stereocenters. The number of carbonyl (C=O) groups excluding carboxylic acids is 1. The van der Waals surface area contributed by atoms with Crippen molar-refractivity contribution in [1.82, 2.24) is 9.21 Å². The Bertz CT molecular complexity index is 946. The molecule has 2 aliphatic heterocycles. The standard InChI is InChI=1S/C23H30N2O4S2/c26-23(24(17-20-5-3-15-29-20)18-21-6-4-16-30-21)12-9-19-7-10-22(11-8-19)31(27,28)25-13-1-2-14-25/h4,6-8,10-11,16,20H,1-3,5,9,12-15,17-18H2. The molecule has 1 aromatic carbocycles. The largest absolute Gasteiger partial charge is 0.376 e. The summed E-state index contributed by atoms with van der Waals surface area (Å²) in [5.74, 6) is 0.109. The fraction of sp³-hybridized carbons (Fsp3) is 0.522. The molecular formula is C23H30N2O4S2. The molecule has 0 radical (unpaired) electrons. The van der Waals surface area contributed by atoms with Crippen molar-refractivity contribution in [3.63, 3.8) is 0 Å². The first-order chi connectivity index (χ1) is 15.0. The predicted molar refractivity (Wildman–Crippen MR) is 121 cm³/mol. The van der Waals surface area contributed by atoms with Gasteiger partial charge in [-0.25, -0.2) is 8.42 Å². The number of carbonyl (C=O) groups is 1. The van der Waals surface area contributed by atoms with E-state index in [9.17, 15) is 13.2 Å². The lowest BCUT2D eigenvalue weighted by Gasteiger charge is -2.25. The molecule has 8 heteroatoms. The van der Waals surface area contributed by atoms with Gasteiger partial charge < -0.3 is 9.64 Å². The molecule has 2 aliphatic rings. The van der Waals surface area contributed by atoms with Crippen LogP contribution in [0.4, 0.5) is 0 Å². The van der Waals surface area contributed by atoms with Crippen LogP contribution in [0.2, 0.25) is 0 Å². The first kappa shape index (κ1) is 22.5. The van der Waals surface area contributed by atoms with Gasteiger partial charge >= 0.3 is 0 Å². The maximum Gasteiger partial charge on any atom is 0.243 e. The fourth-order valence-corrected chi connectivity index (χ4v) is 6.43. The SMILES string of the molecule is O=C(CCc1ccc(S(=O)(=O)N2CCCC2)cc1)N(Cc1cccs1)CC1CCCO1. The summed E-state index contributed by atoms with van der Waals surface area (Å²) in [5.41, 5.74) is 0.974. The van der Waals surface area contributed by atoms with Gasteiger partial charge in [-0.1, -0.05) is 18.2 Å². The van der Waals surface area contributed by atoms with Crippen LogP contribution in [0.25, 0.3) is 0 Å². The highest BCUT2D eigenvalue weighted by molar-refractivity contribution is 7.89. The van der Waals surface area contributed by atoms with Crippen molar-refractivity contribution in [2.45, 2.75) is 56.1 Å². The van der Waals surface area contributed by atoms with Crippen LogP contribution in [0.15, 0.2) is 46.7 Å². The molecule has 1 amide bonds. The number of nitrogens with zero attached hydrogens (tertiary/aromatic N) is 2. The van der Waals surface area contributed by atoms with E-state index in [1.54, 1.807) is 27.8 Å². The number of ether oxygens (including phenoxy) is 1. The minimum absolute atomic E-state index is 0.109. The van der Waals surface area contributed by atoms with Gasteiger partial charge in [0.25, 0.3) is 0 Å². The quantitative estimate of drug-likeness (QED) is 0.570. The second-order valence-corrected chi connectivity index (χ2v) is 11.2. The number of benzene rings is 1. The number of amides is 1. The number of hydrogen-bond acceptors (Lipinski definition) is 5. The number of hydrogen-bond donors (Lipinski definition) is 0. The third-order valence-corrected chi connectivity index (χ3v) is 8.76. The summed E-state index contributed by atoms with van der Waals surface area (Å²) in [4.78, 5) is 16.4. The zero-order valence-corrected chi connectivity index (χ0v) is 19.4. The van der Waals surface area contributed by atoms with E-state index in [1.807, 2.05) is 28.5 Å². The second kappa shape index (κ2) is 10.3. The Morgan fingerprint density at radius 1 is 1.13 bits per heavy atom. The Morgan fingerprint density at radius 3 is 2.55 bits per heavy atom. The molecule has 6 nitrogen and oxygen atoms in total. The topological polar surface area (TPSA) is 66.9 Å². The molecule has 168 valence electrons. The van der Waals surface area contributed by atoms with Crippen LogP contribution in [0, 0.1) is 0 Å². The number of thiophene rings is 1. The van der Waals surface area contributed by atoms with Crippen molar-refractivity contribution in [1.29, 1.82) is 0 Å². The van der Waals surface area contributed by atoms with Gasteiger partial charge in [-0.05, 0) is 61.2 Å². The molecule has 1 atom stereocenters. The van der Waals surface area contributed by atoms with Gasteiger partial charge in [0.2, 0.25) is 15.9 Å². The summed E-state index contributed by atoms with van der Waals surface area (Å²) in [7, 11) is -3.40. The lowest BCUT2D eigenvalue weighted by atomic mass is 10.1. The molecule has 3 heterocycles. The molecule has 31 heavy (non-hydrogen) atoms. The molecule has 0 N–H and O–H groups in total. The lowest BCUT2D eigenvalue weighted by Crippen LogP contribution is -2.36. The van der Waals surface area contributed by atoms with Gasteiger partial charge in [0, 0.05) is 37.5 Å². The monoisotopic (exact) mass is 462 g/mol. The van der Waals surface area contributed by atoms with Crippen molar-refractivity contribution < 1.29 is 17.9 Å². The van der Waals surface area contributed by atoms with Crippen molar-refractivity contribution in [3.05, 3.63) is 52.2 Å². The molecule has 0 aliphatic carbocycles. The van der Waals surface area contributed by atoms with E-state index in [1.165, 1.54) is 4.88 Å². The Kier molecular flexibility index (Phi) is 7.43. The zero-order valence-electron chi connectivity index (χ0n) is 17.7. The molecule has 0 saturated carbocycles. The lowest BCUT2D eigenvalue weighted by molar-refractivity contribution is -0.133. The van der Waals surface area contributed by atoms with Gasteiger partial charge in [-0.2, -0.15) is 4.31 Å². The minimum Gasteiger partial charge on any atom is -0.376 e. The first-order valence-electron chi connectivity index (χ1n) is 11.0. The molecule has 2 saturated heterocycles. The maximum absolute atomic E-state index is 13.0. The highest BCUT2D eigenvalue weighted by Gasteiger charge is 2.27. The maximum atomic E-state index is 13.0. The van der Waals surface area contributed by atoms with Gasteiger partial charge in [-0.15, -0.1) is 11.3 Å². The summed E-state index contributed by atoms with van der Waals surface area (Å²) in [6.07, 6.45) is 5.02. The average Bonchev–Trinajstić information content (AvgIpc) is 3.55. The van der Waals surface area contributed by atoms with Crippen LogP contribution in [0.5, 0.6) is 0 Å². The predicted octanol–water partition coefficient (Wildman–Crippen LogP) is 3.67. The number of sulfonamides is 1. The van der Waals surface area contributed by atoms with Gasteiger partial charge in [-0.3, -0.25) is 4.79 Å². The van der Waals surface area contributed by atoms with Crippen LogP contribution in [0.1, 0.15) is 42.5 Å². The van der Waals surface area contributed by atoms with E-state index < -0.39 is 10.0 Å². The molecule has 4 rings (SSSR count). The third-order valence-electron chi connectivity index (χ3n) is 5.98. The van der Waals surface area contributed by atoms with Gasteiger partial charge in [0.15, 0.2) is 0 Å². The van der Waals surface area contributed by atoms with E-state index in [0.29, 0.717) is 43.9 Å². The fourth-order valence-electron chi connectivity index (χ4n) is 4.19. The van der Waals surface area contributed by atoms with Crippen LogP contribution < -0.4 is 0 Å². The Morgan fingerprint density at radius 2 is 1.90 bits per heavy atom. The minimum atomic E-state index is -3.40. The van der Waals surface area contributed by atoms with E-state index in [-0.39, 0.29) is 12.0 Å². The second-order valence-electron chi connectivity index (χ2n) is 8.24. The summed E-state index contributed by atoms with van der Waals surface area (Å²) in [6.45, 7) is 3.22. The van der Waals surface area contributed by atoms with Crippen molar-refractivity contribution in [2.24, 2.45) is 0 Å². The molecule has 0 bridgehead atoms. The Balaban J connectivity index is 1.36. The van der Waals surface area contributed by atoms with Crippen LogP contribution in [0.3, 0.4) is 0 Å². The first-order valence-corrected chi connectivity index (χ1v) is 13.4. The molecule has 2 aromatic rings. The van der Waals surface area contributed by atoms with E-state index in [4.69, 9.17) is 4.74 Å². The number of rotatable bonds is 9. The van der Waals surface area contributed by atoms with E-state index >= 15 is 0 Å². The van der Waals surface area contributed by atoms with Crippen molar-refractivity contribution in [2.75, 3.05) is 26.2 Å². The van der Waals surface area contributed by atoms with Crippen molar-refractivity contribution in [3.8, 4) is 0 Å². The van der Waals surface area contributed by atoms with E-state index in [0.717, 1.165) is 37.9 Å². The number of aryl methyl sites for hydroxylation is 1. The van der Waals surface area contributed by atoms with Crippen LogP contribution in [-0.2, 0) is 32.5 Å². The Hall–Kier alpha value is -1.74. The molecule has 0 spiro atoms. The van der Waals surface area contributed by atoms with Gasteiger partial charge in [0.05, 0.1) is 17.5 Å². The Labute approximate surface area is 188 Å². The molecular weight excluding hydrogens is 432 g/mol. The summed E-state index contributed by atoms with van der Waals surface area (Å²) >= 11 is 1.66. The summed E-state index contributed by atoms with van der Waals surface area (Å²) < 4.78 is 32.6. The molecule has 1 aromatic heterocycles.